The highest BCUT2D eigenvalue weighted by atomic mass is 16.5. The van der Waals surface area contributed by atoms with Crippen LogP contribution in [0.1, 0.15) is 41.6 Å². The van der Waals surface area contributed by atoms with Crippen LogP contribution in [0.5, 0.6) is 0 Å². The van der Waals surface area contributed by atoms with Crippen molar-refractivity contribution in [2.24, 2.45) is 0 Å². The van der Waals surface area contributed by atoms with Gasteiger partial charge in [-0.1, -0.05) is 19.0 Å². The van der Waals surface area contributed by atoms with E-state index < -0.39 is 5.97 Å². The second-order valence-corrected chi connectivity index (χ2v) is 4.22. The summed E-state index contributed by atoms with van der Waals surface area (Å²) in [6.07, 6.45) is 0. The summed E-state index contributed by atoms with van der Waals surface area (Å²) in [4.78, 5) is 23.7. The maximum atomic E-state index is 12.0. The molecule has 0 spiro atoms. The average molecular weight is 240 g/mol. The van der Waals surface area contributed by atoms with Crippen molar-refractivity contribution < 1.29 is 19.2 Å². The van der Waals surface area contributed by atoms with Crippen LogP contribution < -0.4 is 0 Å². The van der Waals surface area contributed by atoms with E-state index in [-0.39, 0.29) is 18.4 Å². The highest BCUT2D eigenvalue weighted by Crippen LogP contribution is 2.23. The molecule has 1 heterocycles. The van der Waals surface area contributed by atoms with E-state index in [4.69, 9.17) is 9.63 Å². The molecule has 0 aliphatic carbocycles. The largest absolute Gasteiger partial charge is 0.480 e. The molecule has 0 aliphatic rings. The molecular formula is C11H16N2O4. The molecule has 1 amide bonds. The van der Waals surface area contributed by atoms with Crippen LogP contribution in [0.3, 0.4) is 0 Å². The molecular weight excluding hydrogens is 224 g/mol. The van der Waals surface area contributed by atoms with Gasteiger partial charge in [0, 0.05) is 13.0 Å². The topological polar surface area (TPSA) is 83.6 Å². The minimum absolute atomic E-state index is 0.0216. The molecule has 0 saturated carbocycles. The average Bonchev–Trinajstić information content (AvgIpc) is 2.58. The summed E-state index contributed by atoms with van der Waals surface area (Å²) >= 11 is 0. The van der Waals surface area contributed by atoms with Crippen LogP contribution >= 0.6 is 0 Å². The highest BCUT2D eigenvalue weighted by Gasteiger charge is 2.25. The van der Waals surface area contributed by atoms with Gasteiger partial charge in [0.15, 0.2) is 5.76 Å². The van der Waals surface area contributed by atoms with Gasteiger partial charge in [-0.25, -0.2) is 0 Å². The molecule has 0 bridgehead atoms. The van der Waals surface area contributed by atoms with Crippen molar-refractivity contribution in [2.45, 2.75) is 26.7 Å². The first kappa shape index (κ1) is 13.2. The number of aryl methyl sites for hydroxylation is 1. The lowest BCUT2D eigenvalue weighted by atomic mass is 10.0. The Morgan fingerprint density at radius 1 is 1.47 bits per heavy atom. The fourth-order valence-electron chi connectivity index (χ4n) is 1.51. The molecule has 94 valence electrons. The highest BCUT2D eigenvalue weighted by molar-refractivity contribution is 5.97. The quantitative estimate of drug-likeness (QED) is 0.856. The molecule has 0 radical (unpaired) electrons. The van der Waals surface area contributed by atoms with Crippen LogP contribution in [0, 0.1) is 6.92 Å². The molecule has 0 atom stereocenters. The molecule has 1 rings (SSSR count). The lowest BCUT2D eigenvalue weighted by Gasteiger charge is -2.15. The zero-order valence-corrected chi connectivity index (χ0v) is 10.4. The van der Waals surface area contributed by atoms with Crippen molar-refractivity contribution in [2.75, 3.05) is 13.6 Å². The number of carboxylic acid groups (broad SMARTS) is 1. The molecule has 0 fully saturated rings. The SMILES string of the molecule is Cc1noc(C(C)C)c1C(=O)N(C)CC(=O)O. The number of amides is 1. The molecule has 0 aliphatic heterocycles. The number of carboxylic acids is 1. The minimum atomic E-state index is -1.05. The van der Waals surface area contributed by atoms with E-state index >= 15 is 0 Å². The number of aliphatic carboxylic acids is 1. The van der Waals surface area contributed by atoms with Gasteiger partial charge < -0.3 is 14.5 Å². The molecule has 1 aromatic rings. The van der Waals surface area contributed by atoms with Crippen molar-refractivity contribution >= 4 is 11.9 Å². The van der Waals surface area contributed by atoms with Gasteiger partial charge in [-0.05, 0) is 6.92 Å². The Morgan fingerprint density at radius 2 is 2.06 bits per heavy atom. The van der Waals surface area contributed by atoms with Gasteiger partial charge >= 0.3 is 5.97 Å². The lowest BCUT2D eigenvalue weighted by molar-refractivity contribution is -0.137. The molecule has 0 saturated heterocycles. The number of hydrogen-bond acceptors (Lipinski definition) is 4. The smallest absolute Gasteiger partial charge is 0.323 e. The summed E-state index contributed by atoms with van der Waals surface area (Å²) in [5, 5.41) is 12.4. The Kier molecular flexibility index (Phi) is 3.88. The number of likely N-dealkylation sites (N-methyl/N-ethyl adjacent to an activating group) is 1. The predicted octanol–water partition coefficient (Wildman–Crippen LogP) is 1.26. The number of hydrogen-bond donors (Lipinski definition) is 1. The van der Waals surface area contributed by atoms with Crippen molar-refractivity contribution in [3.05, 3.63) is 17.0 Å². The second kappa shape index (κ2) is 4.99. The van der Waals surface area contributed by atoms with E-state index in [1.807, 2.05) is 13.8 Å². The molecule has 1 aromatic heterocycles. The predicted molar refractivity (Wildman–Crippen MR) is 59.9 cm³/mol. The standard InChI is InChI=1S/C11H16N2O4/c1-6(2)10-9(7(3)12-17-10)11(16)13(4)5-8(14)15/h6H,5H2,1-4H3,(H,14,15). The van der Waals surface area contributed by atoms with Gasteiger partial charge in [0.2, 0.25) is 0 Å². The number of nitrogens with zero attached hydrogens (tertiary/aromatic N) is 2. The zero-order valence-electron chi connectivity index (χ0n) is 10.4. The number of carbonyl (C=O) groups excluding carboxylic acids is 1. The van der Waals surface area contributed by atoms with Gasteiger partial charge in [0.05, 0.1) is 5.69 Å². The fourth-order valence-corrected chi connectivity index (χ4v) is 1.51. The van der Waals surface area contributed by atoms with Crippen LogP contribution in [-0.4, -0.2) is 40.6 Å². The maximum Gasteiger partial charge on any atom is 0.323 e. The first-order chi connectivity index (χ1) is 7.84. The summed E-state index contributed by atoms with van der Waals surface area (Å²) in [6, 6.07) is 0. The molecule has 0 aromatic carbocycles. The van der Waals surface area contributed by atoms with Crippen molar-refractivity contribution in [3.63, 3.8) is 0 Å². The maximum absolute atomic E-state index is 12.0. The first-order valence-corrected chi connectivity index (χ1v) is 5.28. The van der Waals surface area contributed by atoms with Crippen molar-refractivity contribution in [3.8, 4) is 0 Å². The molecule has 1 N–H and O–H groups in total. The normalized spacial score (nSPS) is 10.6. The Balaban J connectivity index is 3.03. The number of aromatic nitrogens is 1. The minimum Gasteiger partial charge on any atom is -0.480 e. The Bertz CT molecular complexity index is 437. The fraction of sp³-hybridized carbons (Fsp3) is 0.545. The third-order valence-corrected chi connectivity index (χ3v) is 2.35. The van der Waals surface area contributed by atoms with Gasteiger partial charge in [-0.3, -0.25) is 9.59 Å². The first-order valence-electron chi connectivity index (χ1n) is 5.28. The Labute approximate surface area is 99.2 Å². The number of carbonyl (C=O) groups is 2. The molecule has 6 heteroatoms. The van der Waals surface area contributed by atoms with Gasteiger partial charge in [-0.2, -0.15) is 0 Å². The van der Waals surface area contributed by atoms with E-state index in [0.29, 0.717) is 17.0 Å². The van der Waals surface area contributed by atoms with Crippen LogP contribution in [0.4, 0.5) is 0 Å². The van der Waals surface area contributed by atoms with E-state index in [1.54, 1.807) is 6.92 Å². The van der Waals surface area contributed by atoms with Crippen molar-refractivity contribution in [1.82, 2.24) is 10.1 Å². The Morgan fingerprint density at radius 3 is 2.53 bits per heavy atom. The van der Waals surface area contributed by atoms with Crippen LogP contribution in [0.25, 0.3) is 0 Å². The zero-order chi connectivity index (χ0) is 13.2. The van der Waals surface area contributed by atoms with E-state index in [2.05, 4.69) is 5.16 Å². The third kappa shape index (κ3) is 2.83. The van der Waals surface area contributed by atoms with E-state index in [1.165, 1.54) is 7.05 Å². The van der Waals surface area contributed by atoms with Gasteiger partial charge in [0.1, 0.15) is 12.1 Å². The summed E-state index contributed by atoms with van der Waals surface area (Å²) < 4.78 is 5.09. The monoisotopic (exact) mass is 240 g/mol. The summed E-state index contributed by atoms with van der Waals surface area (Å²) in [5.74, 6) is -0.922. The molecule has 17 heavy (non-hydrogen) atoms. The summed E-state index contributed by atoms with van der Waals surface area (Å²) in [7, 11) is 1.44. The van der Waals surface area contributed by atoms with Gasteiger partial charge in [0.25, 0.3) is 5.91 Å². The van der Waals surface area contributed by atoms with Gasteiger partial charge in [-0.15, -0.1) is 0 Å². The summed E-state index contributed by atoms with van der Waals surface area (Å²) in [6.45, 7) is 5.08. The number of rotatable bonds is 4. The van der Waals surface area contributed by atoms with Crippen LogP contribution in [0.15, 0.2) is 4.52 Å². The molecule has 0 unspecified atom stereocenters. The van der Waals surface area contributed by atoms with Crippen molar-refractivity contribution in [1.29, 1.82) is 0 Å². The second-order valence-electron chi connectivity index (χ2n) is 4.22. The van der Waals surface area contributed by atoms with E-state index in [9.17, 15) is 9.59 Å². The van der Waals surface area contributed by atoms with Crippen LogP contribution in [0.2, 0.25) is 0 Å². The third-order valence-electron chi connectivity index (χ3n) is 2.35. The Hall–Kier alpha value is -1.85. The van der Waals surface area contributed by atoms with E-state index in [0.717, 1.165) is 4.90 Å². The lowest BCUT2D eigenvalue weighted by Crippen LogP contribution is -2.32. The van der Waals surface area contributed by atoms with Crippen LogP contribution in [-0.2, 0) is 4.79 Å². The summed E-state index contributed by atoms with van der Waals surface area (Å²) in [5.41, 5.74) is 0.847. The molecule has 6 nitrogen and oxygen atoms in total.